The lowest BCUT2D eigenvalue weighted by Gasteiger charge is -2.45. The van der Waals surface area contributed by atoms with Crippen LogP contribution in [0.15, 0.2) is 72.3 Å². The predicted octanol–water partition coefficient (Wildman–Crippen LogP) is 4.17. The first-order valence-corrected chi connectivity index (χ1v) is 12.8. The maximum Gasteiger partial charge on any atom is 0.334 e. The van der Waals surface area contributed by atoms with Crippen molar-refractivity contribution >= 4 is 30.9 Å². The lowest BCUT2D eigenvalue weighted by molar-refractivity contribution is -0.139. The van der Waals surface area contributed by atoms with Crippen molar-refractivity contribution in [2.75, 3.05) is 0 Å². The molecule has 4 nitrogen and oxygen atoms in total. The molecule has 1 heterocycles. The average molecular weight is 437 g/mol. The SMILES string of the molecule is C[C@H]1C=C(CC(CCC=O)O[Si](c2ccccc2)(c2ccccc2)C(C)(C)C)C(=O)O1. The second kappa shape index (κ2) is 9.75. The van der Waals surface area contributed by atoms with E-state index in [4.69, 9.17) is 9.16 Å². The first kappa shape index (κ1) is 23.2. The molecule has 1 aliphatic heterocycles. The molecule has 0 saturated heterocycles. The maximum atomic E-state index is 12.3. The van der Waals surface area contributed by atoms with Crippen LogP contribution in [0.1, 0.15) is 47.0 Å². The third-order valence-corrected chi connectivity index (χ3v) is 10.9. The van der Waals surface area contributed by atoms with Gasteiger partial charge in [-0.3, -0.25) is 0 Å². The molecule has 0 amide bonds. The number of cyclic esters (lactones) is 1. The van der Waals surface area contributed by atoms with Gasteiger partial charge in [-0.15, -0.1) is 0 Å². The zero-order valence-corrected chi connectivity index (χ0v) is 19.8. The Balaban J connectivity index is 2.09. The first-order chi connectivity index (χ1) is 14.8. The summed E-state index contributed by atoms with van der Waals surface area (Å²) in [7, 11) is -2.77. The summed E-state index contributed by atoms with van der Waals surface area (Å²) < 4.78 is 12.5. The van der Waals surface area contributed by atoms with E-state index in [1.165, 1.54) is 10.4 Å². The highest BCUT2D eigenvalue weighted by Gasteiger charge is 2.51. The van der Waals surface area contributed by atoms with E-state index in [-0.39, 0.29) is 23.2 Å². The van der Waals surface area contributed by atoms with E-state index in [9.17, 15) is 9.59 Å². The van der Waals surface area contributed by atoms with Crippen LogP contribution in [-0.4, -0.2) is 32.8 Å². The van der Waals surface area contributed by atoms with Crippen LogP contribution in [0.4, 0.5) is 0 Å². The molecule has 0 fully saturated rings. The standard InChI is InChI=1S/C26H32O4Si/c1-20-18-21(25(28)29-20)19-22(12-11-17-27)30-31(26(2,3)4,23-13-7-5-8-14-23)24-15-9-6-10-16-24/h5-10,13-18,20,22H,11-12,19H2,1-4H3/t20-,22?/m0/s1. The fourth-order valence-electron chi connectivity index (χ4n) is 4.42. The van der Waals surface area contributed by atoms with Gasteiger partial charge in [0.1, 0.15) is 12.4 Å². The maximum absolute atomic E-state index is 12.3. The molecule has 2 atom stereocenters. The van der Waals surface area contributed by atoms with Gasteiger partial charge in [0.05, 0.1) is 6.10 Å². The lowest BCUT2D eigenvalue weighted by Crippen LogP contribution is -2.67. The minimum atomic E-state index is -2.77. The zero-order valence-electron chi connectivity index (χ0n) is 18.8. The summed E-state index contributed by atoms with van der Waals surface area (Å²) in [6.45, 7) is 8.53. The van der Waals surface area contributed by atoms with Gasteiger partial charge >= 0.3 is 5.97 Å². The van der Waals surface area contributed by atoms with E-state index in [2.05, 4.69) is 45.0 Å². The fourth-order valence-corrected chi connectivity index (χ4v) is 9.14. The van der Waals surface area contributed by atoms with Gasteiger partial charge in [0.25, 0.3) is 8.32 Å². The summed E-state index contributed by atoms with van der Waals surface area (Å²) in [5.41, 5.74) is 0.640. The molecule has 0 aromatic heterocycles. The molecule has 0 saturated carbocycles. The Hall–Kier alpha value is -2.50. The topological polar surface area (TPSA) is 52.6 Å². The molecule has 164 valence electrons. The first-order valence-electron chi connectivity index (χ1n) is 10.9. The quantitative estimate of drug-likeness (QED) is 0.336. The third kappa shape index (κ3) is 5.05. The van der Waals surface area contributed by atoms with Crippen molar-refractivity contribution in [1.82, 2.24) is 0 Å². The van der Waals surface area contributed by atoms with Crippen molar-refractivity contribution in [1.29, 1.82) is 0 Å². The van der Waals surface area contributed by atoms with E-state index in [0.717, 1.165) is 6.29 Å². The van der Waals surface area contributed by atoms with Gasteiger partial charge in [0, 0.05) is 18.4 Å². The summed E-state index contributed by atoms with van der Waals surface area (Å²) in [5, 5.41) is 2.19. The van der Waals surface area contributed by atoms with Gasteiger partial charge in [0.15, 0.2) is 0 Å². The predicted molar refractivity (Wildman–Crippen MR) is 126 cm³/mol. The van der Waals surface area contributed by atoms with Gasteiger partial charge in [-0.05, 0) is 34.8 Å². The van der Waals surface area contributed by atoms with Gasteiger partial charge in [-0.25, -0.2) is 4.79 Å². The minimum absolute atomic E-state index is 0.174. The van der Waals surface area contributed by atoms with Crippen molar-refractivity contribution in [3.63, 3.8) is 0 Å². The molecular weight excluding hydrogens is 404 g/mol. The normalized spacial score (nSPS) is 17.7. The number of ether oxygens (including phenoxy) is 1. The van der Waals surface area contributed by atoms with E-state index in [0.29, 0.717) is 24.8 Å². The number of carbonyl (C=O) groups excluding carboxylic acids is 2. The molecule has 0 radical (unpaired) electrons. The fraction of sp³-hybridized carbons (Fsp3) is 0.385. The van der Waals surface area contributed by atoms with E-state index in [1.807, 2.05) is 49.4 Å². The van der Waals surface area contributed by atoms with Crippen LogP contribution in [0.2, 0.25) is 5.04 Å². The van der Waals surface area contributed by atoms with Crippen LogP contribution >= 0.6 is 0 Å². The van der Waals surface area contributed by atoms with E-state index >= 15 is 0 Å². The van der Waals surface area contributed by atoms with Crippen LogP contribution in [0, 0.1) is 0 Å². The van der Waals surface area contributed by atoms with E-state index < -0.39 is 8.32 Å². The molecular formula is C26H32O4Si. The largest absolute Gasteiger partial charge is 0.455 e. The van der Waals surface area contributed by atoms with Crippen LogP contribution in [0.3, 0.4) is 0 Å². The minimum Gasteiger partial charge on any atom is -0.455 e. The molecule has 0 bridgehead atoms. The summed E-state index contributed by atoms with van der Waals surface area (Å²) >= 11 is 0. The molecule has 0 N–H and O–H groups in total. The summed E-state index contributed by atoms with van der Waals surface area (Å²) in [6, 6.07) is 20.8. The lowest BCUT2D eigenvalue weighted by atomic mass is 10.0. The highest BCUT2D eigenvalue weighted by atomic mass is 28.4. The number of rotatable bonds is 9. The third-order valence-electron chi connectivity index (χ3n) is 5.81. The van der Waals surface area contributed by atoms with Gasteiger partial charge in [-0.2, -0.15) is 0 Å². The van der Waals surface area contributed by atoms with Crippen LogP contribution < -0.4 is 10.4 Å². The second-order valence-electron chi connectivity index (χ2n) is 9.15. The highest BCUT2D eigenvalue weighted by Crippen LogP contribution is 2.39. The molecule has 2 aromatic rings. The van der Waals surface area contributed by atoms with Crippen molar-refractivity contribution in [2.24, 2.45) is 0 Å². The summed E-state index contributed by atoms with van der Waals surface area (Å²) in [4.78, 5) is 23.5. The monoisotopic (exact) mass is 436 g/mol. The number of carbonyl (C=O) groups is 2. The Labute approximate surface area is 186 Å². The van der Waals surface area contributed by atoms with Crippen LogP contribution in [-0.2, 0) is 18.8 Å². The Kier molecular flexibility index (Phi) is 7.29. The molecule has 0 aliphatic carbocycles. The molecule has 0 spiro atoms. The molecule has 1 aliphatic rings. The molecule has 1 unspecified atom stereocenters. The Morgan fingerprint density at radius 1 is 1.03 bits per heavy atom. The van der Waals surface area contributed by atoms with Gasteiger partial charge < -0.3 is 14.0 Å². The van der Waals surface area contributed by atoms with E-state index in [1.54, 1.807) is 0 Å². The van der Waals surface area contributed by atoms with Crippen molar-refractivity contribution in [3.8, 4) is 0 Å². The number of esters is 1. The molecule has 31 heavy (non-hydrogen) atoms. The number of benzene rings is 2. The smallest absolute Gasteiger partial charge is 0.334 e. The van der Waals surface area contributed by atoms with Crippen molar-refractivity contribution < 1.29 is 18.8 Å². The second-order valence-corrected chi connectivity index (χ2v) is 13.4. The Bertz CT molecular complexity index is 876. The molecule has 2 aromatic carbocycles. The van der Waals surface area contributed by atoms with Gasteiger partial charge in [-0.1, -0.05) is 81.4 Å². The number of hydrogen-bond acceptors (Lipinski definition) is 4. The van der Waals surface area contributed by atoms with Crippen molar-refractivity contribution in [3.05, 3.63) is 72.3 Å². The summed E-state index contributed by atoms with van der Waals surface area (Å²) in [5.74, 6) is -0.283. The number of hydrogen-bond donors (Lipinski definition) is 0. The summed E-state index contributed by atoms with van der Waals surface area (Å²) in [6.07, 6.45) is 3.70. The Morgan fingerprint density at radius 3 is 2.00 bits per heavy atom. The number of aldehydes is 1. The highest BCUT2D eigenvalue weighted by molar-refractivity contribution is 6.99. The Morgan fingerprint density at radius 2 is 1.58 bits per heavy atom. The average Bonchev–Trinajstić information content (AvgIpc) is 3.06. The van der Waals surface area contributed by atoms with Crippen LogP contribution in [0.5, 0.6) is 0 Å². The van der Waals surface area contributed by atoms with Crippen molar-refractivity contribution in [2.45, 2.75) is 64.2 Å². The van der Waals surface area contributed by atoms with Gasteiger partial charge in [0.2, 0.25) is 0 Å². The molecule has 5 heteroatoms. The van der Waals surface area contributed by atoms with Crippen LogP contribution in [0.25, 0.3) is 0 Å². The molecule has 3 rings (SSSR count). The zero-order chi connectivity index (χ0) is 22.5.